The van der Waals surface area contributed by atoms with Gasteiger partial charge < -0.3 is 24.2 Å². The van der Waals surface area contributed by atoms with E-state index in [-0.39, 0.29) is 30.6 Å². The Hall–Kier alpha value is -3.29. The van der Waals surface area contributed by atoms with Crippen LogP contribution in [0, 0.1) is 5.82 Å². The molecule has 0 atom stereocenters. The van der Waals surface area contributed by atoms with Crippen molar-refractivity contribution in [1.82, 2.24) is 4.90 Å². The number of hydrogen-bond donors (Lipinski definition) is 1. The number of ether oxygens (including phenoxy) is 3. The number of benzene rings is 2. The van der Waals surface area contributed by atoms with Gasteiger partial charge >= 0.3 is 5.97 Å². The van der Waals surface area contributed by atoms with Gasteiger partial charge in [0.25, 0.3) is 5.91 Å². The van der Waals surface area contributed by atoms with Crippen LogP contribution in [0.3, 0.4) is 0 Å². The van der Waals surface area contributed by atoms with Crippen LogP contribution in [0.4, 0.5) is 4.39 Å². The molecular weight excluding hydrogens is 369 g/mol. The first-order valence-electron chi connectivity index (χ1n) is 8.80. The van der Waals surface area contributed by atoms with E-state index in [0.717, 1.165) is 0 Å². The molecule has 0 unspecified atom stereocenters. The highest BCUT2D eigenvalue weighted by atomic mass is 19.1. The SMILES string of the molecule is CCOc1cc(C(=O)N2CCOc3cccc(F)c3C2)ccc1OCC(=O)O. The zero-order valence-electron chi connectivity index (χ0n) is 15.3. The van der Waals surface area contributed by atoms with Gasteiger partial charge in [0.15, 0.2) is 18.1 Å². The number of carbonyl (C=O) groups excluding carboxylic acids is 1. The molecule has 1 heterocycles. The van der Waals surface area contributed by atoms with Gasteiger partial charge in [-0.2, -0.15) is 0 Å². The predicted molar refractivity (Wildman–Crippen MR) is 97.4 cm³/mol. The molecule has 2 aromatic carbocycles. The summed E-state index contributed by atoms with van der Waals surface area (Å²) in [4.78, 5) is 25.2. The van der Waals surface area contributed by atoms with Crippen molar-refractivity contribution in [3.63, 3.8) is 0 Å². The van der Waals surface area contributed by atoms with Crippen LogP contribution in [0.5, 0.6) is 17.2 Å². The van der Waals surface area contributed by atoms with Gasteiger partial charge in [-0.25, -0.2) is 9.18 Å². The van der Waals surface area contributed by atoms with Gasteiger partial charge in [0.05, 0.1) is 19.7 Å². The molecule has 0 aliphatic carbocycles. The third-order valence-corrected chi connectivity index (χ3v) is 4.17. The van der Waals surface area contributed by atoms with Gasteiger partial charge in [-0.05, 0) is 37.3 Å². The number of amides is 1. The molecular formula is C20H20FNO6. The second-order valence-electron chi connectivity index (χ2n) is 6.07. The predicted octanol–water partition coefficient (Wildman–Crippen LogP) is 2.72. The number of nitrogens with zero attached hydrogens (tertiary/aromatic N) is 1. The number of aliphatic carboxylic acids is 1. The lowest BCUT2D eigenvalue weighted by molar-refractivity contribution is -0.139. The Kier molecular flexibility index (Phi) is 5.98. The minimum atomic E-state index is -1.12. The summed E-state index contributed by atoms with van der Waals surface area (Å²) in [6, 6.07) is 9.08. The van der Waals surface area contributed by atoms with Gasteiger partial charge in [0, 0.05) is 11.1 Å². The lowest BCUT2D eigenvalue weighted by atomic mass is 10.1. The number of carbonyl (C=O) groups is 2. The van der Waals surface area contributed by atoms with Gasteiger partial charge in [0.2, 0.25) is 0 Å². The highest BCUT2D eigenvalue weighted by Gasteiger charge is 2.24. The van der Waals surface area contributed by atoms with Crippen molar-refractivity contribution in [2.75, 3.05) is 26.4 Å². The van der Waals surface area contributed by atoms with Crippen molar-refractivity contribution < 1.29 is 33.3 Å². The number of rotatable bonds is 6. The van der Waals surface area contributed by atoms with Crippen molar-refractivity contribution >= 4 is 11.9 Å². The highest BCUT2D eigenvalue weighted by Crippen LogP contribution is 2.30. The quantitative estimate of drug-likeness (QED) is 0.818. The van der Waals surface area contributed by atoms with Crippen LogP contribution >= 0.6 is 0 Å². The molecule has 0 fully saturated rings. The smallest absolute Gasteiger partial charge is 0.341 e. The topological polar surface area (TPSA) is 85.3 Å². The largest absolute Gasteiger partial charge is 0.491 e. The zero-order valence-corrected chi connectivity index (χ0v) is 15.3. The Morgan fingerprint density at radius 1 is 1.21 bits per heavy atom. The molecule has 8 heteroatoms. The van der Waals surface area contributed by atoms with Crippen LogP contribution < -0.4 is 14.2 Å². The van der Waals surface area contributed by atoms with E-state index in [1.54, 1.807) is 19.1 Å². The zero-order chi connectivity index (χ0) is 20.1. The number of fused-ring (bicyclic) bond motifs is 1. The molecule has 7 nitrogen and oxygen atoms in total. The fourth-order valence-electron chi connectivity index (χ4n) is 2.89. The van der Waals surface area contributed by atoms with Crippen molar-refractivity contribution in [3.8, 4) is 17.2 Å². The Morgan fingerprint density at radius 3 is 2.79 bits per heavy atom. The molecule has 3 rings (SSSR count). The molecule has 1 aliphatic rings. The van der Waals surface area contributed by atoms with E-state index in [2.05, 4.69) is 0 Å². The monoisotopic (exact) mass is 389 g/mol. The van der Waals surface area contributed by atoms with E-state index in [1.807, 2.05) is 0 Å². The molecule has 0 bridgehead atoms. The lowest BCUT2D eigenvalue weighted by Gasteiger charge is -2.21. The molecule has 0 aromatic heterocycles. The molecule has 0 saturated carbocycles. The number of hydrogen-bond acceptors (Lipinski definition) is 5. The molecule has 0 saturated heterocycles. The maximum Gasteiger partial charge on any atom is 0.341 e. The summed E-state index contributed by atoms with van der Waals surface area (Å²) in [6.07, 6.45) is 0. The van der Waals surface area contributed by atoms with Crippen LogP contribution in [0.25, 0.3) is 0 Å². The Balaban J connectivity index is 1.84. The van der Waals surface area contributed by atoms with E-state index >= 15 is 0 Å². The normalized spacial score (nSPS) is 13.1. The molecule has 1 N–H and O–H groups in total. The Morgan fingerprint density at radius 2 is 2.04 bits per heavy atom. The average Bonchev–Trinajstić information content (AvgIpc) is 2.90. The second-order valence-corrected chi connectivity index (χ2v) is 6.07. The molecule has 1 amide bonds. The summed E-state index contributed by atoms with van der Waals surface area (Å²) in [5.41, 5.74) is 0.658. The summed E-state index contributed by atoms with van der Waals surface area (Å²) >= 11 is 0. The van der Waals surface area contributed by atoms with Gasteiger partial charge in [-0.15, -0.1) is 0 Å². The van der Waals surface area contributed by atoms with Gasteiger partial charge in [0.1, 0.15) is 18.2 Å². The summed E-state index contributed by atoms with van der Waals surface area (Å²) in [6.45, 7) is 2.20. The second kappa shape index (κ2) is 8.60. The summed E-state index contributed by atoms with van der Waals surface area (Å²) in [5.74, 6) is -0.922. The van der Waals surface area contributed by atoms with Crippen LogP contribution in [0.15, 0.2) is 36.4 Å². The lowest BCUT2D eigenvalue weighted by Crippen LogP contribution is -2.32. The minimum absolute atomic E-state index is 0.0854. The van der Waals surface area contributed by atoms with Gasteiger partial charge in [-0.1, -0.05) is 6.07 Å². The van der Waals surface area contributed by atoms with Crippen molar-refractivity contribution in [1.29, 1.82) is 0 Å². The van der Waals surface area contributed by atoms with E-state index in [0.29, 0.717) is 30.0 Å². The maximum absolute atomic E-state index is 14.2. The van der Waals surface area contributed by atoms with Crippen molar-refractivity contribution in [3.05, 3.63) is 53.3 Å². The molecule has 148 valence electrons. The molecule has 28 heavy (non-hydrogen) atoms. The summed E-state index contributed by atoms with van der Waals surface area (Å²) < 4.78 is 30.4. The van der Waals surface area contributed by atoms with Crippen LogP contribution in [0.1, 0.15) is 22.8 Å². The fraction of sp³-hybridized carbons (Fsp3) is 0.300. The van der Waals surface area contributed by atoms with Crippen LogP contribution in [-0.2, 0) is 11.3 Å². The first kappa shape index (κ1) is 19.5. The van der Waals surface area contributed by atoms with Crippen LogP contribution in [-0.4, -0.2) is 48.2 Å². The number of halogens is 1. The highest BCUT2D eigenvalue weighted by molar-refractivity contribution is 5.95. The summed E-state index contributed by atoms with van der Waals surface area (Å²) in [7, 11) is 0. The third kappa shape index (κ3) is 4.33. The summed E-state index contributed by atoms with van der Waals surface area (Å²) in [5, 5.41) is 8.77. The minimum Gasteiger partial charge on any atom is -0.491 e. The van der Waals surface area contributed by atoms with E-state index in [4.69, 9.17) is 19.3 Å². The molecule has 0 spiro atoms. The fourth-order valence-corrected chi connectivity index (χ4v) is 2.89. The third-order valence-electron chi connectivity index (χ3n) is 4.17. The van der Waals surface area contributed by atoms with Crippen LogP contribution in [0.2, 0.25) is 0 Å². The number of carboxylic acid groups (broad SMARTS) is 1. The van der Waals surface area contributed by atoms with Gasteiger partial charge in [-0.3, -0.25) is 4.79 Å². The average molecular weight is 389 g/mol. The molecule has 2 aromatic rings. The first-order valence-corrected chi connectivity index (χ1v) is 8.80. The first-order chi connectivity index (χ1) is 13.5. The molecule has 1 aliphatic heterocycles. The van der Waals surface area contributed by atoms with E-state index < -0.39 is 18.4 Å². The Bertz CT molecular complexity index is 885. The van der Waals surface area contributed by atoms with E-state index in [1.165, 1.54) is 29.2 Å². The molecule has 0 radical (unpaired) electrons. The standard InChI is InChI=1S/C20H20FNO6/c1-2-26-18-10-13(6-7-17(18)28-12-19(23)24)20(25)22-8-9-27-16-5-3-4-15(21)14(16)11-22/h3-7,10H,2,8-9,11-12H2,1H3,(H,23,24). The van der Waals surface area contributed by atoms with E-state index in [9.17, 15) is 14.0 Å². The Labute approximate surface area is 161 Å². The maximum atomic E-state index is 14.2. The number of carboxylic acids is 1. The van der Waals surface area contributed by atoms with Crippen molar-refractivity contribution in [2.24, 2.45) is 0 Å². The van der Waals surface area contributed by atoms with Crippen molar-refractivity contribution in [2.45, 2.75) is 13.5 Å².